The van der Waals surface area contributed by atoms with Gasteiger partial charge in [0, 0.05) is 12.6 Å². The fourth-order valence-corrected chi connectivity index (χ4v) is 1.70. The van der Waals surface area contributed by atoms with Crippen molar-refractivity contribution in [1.82, 2.24) is 15.1 Å². The highest BCUT2D eigenvalue weighted by molar-refractivity contribution is 6.02. The molecule has 1 fully saturated rings. The molecule has 1 aliphatic rings. The van der Waals surface area contributed by atoms with E-state index in [9.17, 15) is 9.59 Å². The molecule has 5 nitrogen and oxygen atoms in total. The average molecular weight is 213 g/mol. The molecule has 1 N–H and O–H groups in total. The average Bonchev–Trinajstić information content (AvgIpc) is 2.42. The fraction of sp³-hybridized carbons (Fsp3) is 0.800. The molecule has 1 rings (SSSR count). The number of nitrogens with one attached hydrogen (secondary N) is 1. The minimum Gasteiger partial charge on any atom is -0.320 e. The van der Waals surface area contributed by atoms with Crippen molar-refractivity contribution in [3.63, 3.8) is 0 Å². The van der Waals surface area contributed by atoms with Gasteiger partial charge in [0.25, 0.3) is 5.91 Å². The third-order valence-electron chi connectivity index (χ3n) is 2.44. The molecule has 3 amide bonds. The van der Waals surface area contributed by atoms with Crippen LogP contribution in [-0.2, 0) is 4.79 Å². The number of carbonyl (C=O) groups excluding carboxylic acids is 2. The summed E-state index contributed by atoms with van der Waals surface area (Å²) >= 11 is 0. The van der Waals surface area contributed by atoms with Gasteiger partial charge in [-0.15, -0.1) is 0 Å². The first-order chi connectivity index (χ1) is 7.07. The lowest BCUT2D eigenvalue weighted by Crippen LogP contribution is -2.38. The topological polar surface area (TPSA) is 52.7 Å². The molecule has 0 radical (unpaired) electrons. The molecule has 15 heavy (non-hydrogen) atoms. The second kappa shape index (κ2) is 5.11. The van der Waals surface area contributed by atoms with Crippen molar-refractivity contribution in [2.24, 2.45) is 0 Å². The van der Waals surface area contributed by atoms with E-state index in [2.05, 4.69) is 5.32 Å². The summed E-state index contributed by atoms with van der Waals surface area (Å²) in [5, 5.41) is 3.02. The zero-order valence-electron chi connectivity index (χ0n) is 9.62. The fourth-order valence-electron chi connectivity index (χ4n) is 1.70. The quantitative estimate of drug-likeness (QED) is 0.527. The van der Waals surface area contributed by atoms with E-state index in [0.717, 1.165) is 13.0 Å². The first-order valence-corrected chi connectivity index (χ1v) is 5.33. The lowest BCUT2D eigenvalue weighted by molar-refractivity contribution is -0.126. The van der Waals surface area contributed by atoms with Gasteiger partial charge in [-0.2, -0.15) is 0 Å². The van der Waals surface area contributed by atoms with E-state index >= 15 is 0 Å². The molecule has 1 saturated heterocycles. The number of nitrogens with zero attached hydrogens (tertiary/aromatic N) is 2. The third-order valence-corrected chi connectivity index (χ3v) is 2.44. The summed E-state index contributed by atoms with van der Waals surface area (Å²) in [5.74, 6) is -0.0838. The van der Waals surface area contributed by atoms with Crippen molar-refractivity contribution >= 4 is 11.9 Å². The maximum absolute atomic E-state index is 11.8. The number of rotatable bonds is 5. The second-order valence-corrected chi connectivity index (χ2v) is 4.02. The van der Waals surface area contributed by atoms with E-state index in [1.165, 1.54) is 4.90 Å². The molecule has 0 unspecified atom stereocenters. The monoisotopic (exact) mass is 213 g/mol. The maximum atomic E-state index is 11.8. The van der Waals surface area contributed by atoms with Gasteiger partial charge in [0.15, 0.2) is 0 Å². The van der Waals surface area contributed by atoms with Crippen LogP contribution in [0, 0.1) is 0 Å². The molecule has 0 bridgehead atoms. The molecular weight excluding hydrogens is 194 g/mol. The van der Waals surface area contributed by atoms with Crippen molar-refractivity contribution in [3.05, 3.63) is 0 Å². The van der Waals surface area contributed by atoms with Crippen LogP contribution in [0.5, 0.6) is 0 Å². The zero-order valence-corrected chi connectivity index (χ0v) is 9.62. The van der Waals surface area contributed by atoms with Crippen LogP contribution in [0.25, 0.3) is 0 Å². The Morgan fingerprint density at radius 1 is 1.40 bits per heavy atom. The van der Waals surface area contributed by atoms with Gasteiger partial charge in [-0.3, -0.25) is 9.69 Å². The first kappa shape index (κ1) is 12.0. The van der Waals surface area contributed by atoms with E-state index in [4.69, 9.17) is 0 Å². The van der Waals surface area contributed by atoms with E-state index in [-0.39, 0.29) is 24.5 Å². The Morgan fingerprint density at radius 2 is 2.07 bits per heavy atom. The van der Waals surface area contributed by atoms with Crippen LogP contribution >= 0.6 is 0 Å². The van der Waals surface area contributed by atoms with Gasteiger partial charge < -0.3 is 10.2 Å². The molecule has 0 saturated carbocycles. The molecular formula is C10H19N3O2. The van der Waals surface area contributed by atoms with Crippen LogP contribution in [0.1, 0.15) is 20.3 Å². The van der Waals surface area contributed by atoms with E-state index in [1.54, 1.807) is 4.90 Å². The van der Waals surface area contributed by atoms with Gasteiger partial charge >= 0.3 is 6.03 Å². The third kappa shape index (κ3) is 2.68. The van der Waals surface area contributed by atoms with Gasteiger partial charge in [0.1, 0.15) is 6.54 Å². The SMILES string of the molecule is CNCCCN1CC(=O)N(C(C)C)C1=O. The minimum absolute atomic E-state index is 0.0423. The maximum Gasteiger partial charge on any atom is 0.327 e. The Hall–Kier alpha value is -1.10. The Balaban J connectivity index is 2.50. The summed E-state index contributed by atoms with van der Waals surface area (Å²) in [4.78, 5) is 26.2. The predicted octanol–water partition coefficient (Wildman–Crippen LogP) is 0.269. The Labute approximate surface area is 90.4 Å². The number of urea groups is 1. The normalized spacial score (nSPS) is 17.1. The smallest absolute Gasteiger partial charge is 0.320 e. The van der Waals surface area contributed by atoms with Crippen LogP contribution < -0.4 is 5.32 Å². The van der Waals surface area contributed by atoms with E-state index in [1.807, 2.05) is 20.9 Å². The van der Waals surface area contributed by atoms with Crippen LogP contribution in [0.2, 0.25) is 0 Å². The molecule has 0 aromatic rings. The molecule has 0 aliphatic carbocycles. The number of imide groups is 1. The summed E-state index contributed by atoms with van der Waals surface area (Å²) in [5.41, 5.74) is 0. The van der Waals surface area contributed by atoms with Crippen molar-refractivity contribution < 1.29 is 9.59 Å². The standard InChI is InChI=1S/C10H19N3O2/c1-8(2)13-9(14)7-12(10(13)15)6-4-5-11-3/h8,11H,4-7H2,1-3H3. The molecule has 0 atom stereocenters. The van der Waals surface area contributed by atoms with Gasteiger partial charge in [0.05, 0.1) is 0 Å². The minimum atomic E-state index is -0.147. The van der Waals surface area contributed by atoms with Crippen molar-refractivity contribution in [3.8, 4) is 0 Å². The summed E-state index contributed by atoms with van der Waals surface area (Å²) in [7, 11) is 1.87. The van der Waals surface area contributed by atoms with Crippen LogP contribution in [-0.4, -0.2) is 54.5 Å². The summed E-state index contributed by atoms with van der Waals surface area (Å²) < 4.78 is 0. The van der Waals surface area contributed by atoms with Crippen LogP contribution in [0.3, 0.4) is 0 Å². The Morgan fingerprint density at radius 3 is 2.53 bits per heavy atom. The van der Waals surface area contributed by atoms with Crippen LogP contribution in [0.15, 0.2) is 0 Å². The highest BCUT2D eigenvalue weighted by atomic mass is 16.2. The van der Waals surface area contributed by atoms with E-state index < -0.39 is 0 Å². The molecule has 0 spiro atoms. The van der Waals surface area contributed by atoms with Crippen molar-refractivity contribution in [2.75, 3.05) is 26.7 Å². The zero-order chi connectivity index (χ0) is 11.4. The highest BCUT2D eigenvalue weighted by Crippen LogP contribution is 2.13. The molecule has 5 heteroatoms. The summed E-state index contributed by atoms with van der Waals surface area (Å²) in [6.07, 6.45) is 0.876. The summed E-state index contributed by atoms with van der Waals surface area (Å²) in [6.45, 7) is 5.45. The number of hydrogen-bond acceptors (Lipinski definition) is 3. The number of carbonyl (C=O) groups is 2. The van der Waals surface area contributed by atoms with Gasteiger partial charge in [-0.25, -0.2) is 4.79 Å². The van der Waals surface area contributed by atoms with Gasteiger partial charge in [-0.1, -0.05) is 0 Å². The molecule has 0 aromatic carbocycles. The van der Waals surface area contributed by atoms with Crippen LogP contribution in [0.4, 0.5) is 4.79 Å². The molecule has 86 valence electrons. The largest absolute Gasteiger partial charge is 0.327 e. The lowest BCUT2D eigenvalue weighted by atomic mass is 10.3. The van der Waals surface area contributed by atoms with E-state index in [0.29, 0.717) is 6.54 Å². The van der Waals surface area contributed by atoms with Crippen molar-refractivity contribution in [1.29, 1.82) is 0 Å². The molecule has 0 aromatic heterocycles. The first-order valence-electron chi connectivity index (χ1n) is 5.33. The van der Waals surface area contributed by atoms with Gasteiger partial charge in [-0.05, 0) is 33.9 Å². The predicted molar refractivity (Wildman–Crippen MR) is 57.5 cm³/mol. The molecule has 1 aliphatic heterocycles. The lowest BCUT2D eigenvalue weighted by Gasteiger charge is -2.19. The molecule has 1 heterocycles. The van der Waals surface area contributed by atoms with Crippen molar-refractivity contribution in [2.45, 2.75) is 26.3 Å². The van der Waals surface area contributed by atoms with Gasteiger partial charge in [0.2, 0.25) is 0 Å². The Kier molecular flexibility index (Phi) is 4.08. The number of hydrogen-bond donors (Lipinski definition) is 1. The highest BCUT2D eigenvalue weighted by Gasteiger charge is 2.36. The second-order valence-electron chi connectivity index (χ2n) is 4.02. The number of amides is 3. The Bertz CT molecular complexity index is 253. The summed E-state index contributed by atoms with van der Waals surface area (Å²) in [6, 6.07) is -0.189.